The molecule has 0 saturated heterocycles. The van der Waals surface area contributed by atoms with Crippen LogP contribution >= 0.6 is 34.8 Å². The number of halogens is 7. The molecule has 25 heavy (non-hydrogen) atoms. The average molecular weight is 419 g/mol. The third-order valence-electron chi connectivity index (χ3n) is 3.27. The summed E-state index contributed by atoms with van der Waals surface area (Å²) in [5.74, 6) is -1.93. The van der Waals surface area contributed by atoms with Crippen molar-refractivity contribution < 1.29 is 27.1 Å². The van der Waals surface area contributed by atoms with Gasteiger partial charge >= 0.3 is 12.1 Å². The topological polar surface area (TPSA) is 31.2 Å². The first-order valence-corrected chi connectivity index (χ1v) is 7.94. The molecule has 3 nitrogen and oxygen atoms in total. The minimum absolute atomic E-state index is 0.139. The van der Waals surface area contributed by atoms with Gasteiger partial charge in [-0.15, -0.1) is 0 Å². The van der Waals surface area contributed by atoms with Gasteiger partial charge in [0.1, 0.15) is 22.4 Å². The van der Waals surface area contributed by atoms with Gasteiger partial charge in [0.05, 0.1) is 10.0 Å². The highest BCUT2D eigenvalue weighted by atomic mass is 35.5. The highest BCUT2D eigenvalue weighted by Gasteiger charge is 2.40. The van der Waals surface area contributed by atoms with Crippen molar-refractivity contribution in [3.05, 3.63) is 38.8 Å². The third-order valence-corrected chi connectivity index (χ3v) is 4.33. The Morgan fingerprint density at radius 3 is 2.28 bits per heavy atom. The minimum Gasteiger partial charge on any atom is -0.425 e. The number of carbonyl (C=O) groups excluding carboxylic acids is 1. The smallest absolute Gasteiger partial charge is 0.425 e. The van der Waals surface area contributed by atoms with Crippen molar-refractivity contribution in [3.8, 4) is 16.9 Å². The van der Waals surface area contributed by atoms with E-state index in [1.165, 1.54) is 6.92 Å². The normalized spacial score (nSPS) is 11.7. The Hall–Kier alpha value is -1.44. The predicted octanol–water partition coefficient (Wildman–Crippen LogP) is 6.22. The number of esters is 1. The molecule has 10 heteroatoms. The number of hydrogen-bond acceptors (Lipinski definition) is 2. The molecule has 2 aromatic rings. The van der Waals surface area contributed by atoms with Gasteiger partial charge in [-0.2, -0.15) is 13.2 Å². The van der Waals surface area contributed by atoms with Gasteiger partial charge in [-0.3, -0.25) is 4.79 Å². The Labute approximate surface area is 155 Å². The van der Waals surface area contributed by atoms with Crippen LogP contribution < -0.4 is 4.74 Å². The maximum atomic E-state index is 14.3. The molecule has 1 aromatic heterocycles. The van der Waals surface area contributed by atoms with Crippen molar-refractivity contribution >= 4 is 40.8 Å². The lowest BCUT2D eigenvalue weighted by Crippen LogP contribution is -2.13. The van der Waals surface area contributed by atoms with Crippen LogP contribution in [0.25, 0.3) is 11.1 Å². The highest BCUT2D eigenvalue weighted by Crippen LogP contribution is 2.47. The molecule has 0 spiro atoms. The maximum Gasteiger partial charge on any atom is 0.432 e. The highest BCUT2D eigenvalue weighted by molar-refractivity contribution is 6.40. The Morgan fingerprint density at radius 1 is 1.24 bits per heavy atom. The van der Waals surface area contributed by atoms with Gasteiger partial charge in [0.15, 0.2) is 0 Å². The number of hydrogen-bond donors (Lipinski definition) is 0. The lowest BCUT2D eigenvalue weighted by Gasteiger charge is -2.10. The predicted molar refractivity (Wildman–Crippen MR) is 86.8 cm³/mol. The van der Waals surface area contributed by atoms with Crippen LogP contribution in [0.3, 0.4) is 0 Å². The van der Waals surface area contributed by atoms with Crippen molar-refractivity contribution in [1.29, 1.82) is 0 Å². The van der Waals surface area contributed by atoms with Crippen LogP contribution in [0.4, 0.5) is 17.6 Å². The molecule has 2 rings (SSSR count). The van der Waals surface area contributed by atoms with Crippen LogP contribution in [0.2, 0.25) is 15.2 Å². The summed E-state index contributed by atoms with van der Waals surface area (Å²) in [5, 5.41) is -1.38. The van der Waals surface area contributed by atoms with Gasteiger partial charge in [0.2, 0.25) is 0 Å². The zero-order chi connectivity index (χ0) is 19.1. The summed E-state index contributed by atoms with van der Waals surface area (Å²) in [6, 6.07) is 1.78. The Morgan fingerprint density at radius 2 is 1.84 bits per heavy atom. The molecular formula is C15H10Cl3F4NO2. The fourth-order valence-corrected chi connectivity index (χ4v) is 3.36. The van der Waals surface area contributed by atoms with Crippen molar-refractivity contribution in [2.45, 2.75) is 26.6 Å². The fourth-order valence-electron chi connectivity index (χ4n) is 2.32. The van der Waals surface area contributed by atoms with Gasteiger partial charge in [-0.25, -0.2) is 4.39 Å². The molecule has 0 unspecified atom stereocenters. The zero-order valence-corrected chi connectivity index (χ0v) is 15.0. The number of aromatic nitrogens is 1. The molecule has 0 aliphatic rings. The van der Waals surface area contributed by atoms with Crippen LogP contribution in [0.15, 0.2) is 12.1 Å². The molecule has 1 aromatic carbocycles. The summed E-state index contributed by atoms with van der Waals surface area (Å²) < 4.78 is 59.7. The summed E-state index contributed by atoms with van der Waals surface area (Å²) >= 11 is 17.7. The van der Waals surface area contributed by atoms with Gasteiger partial charge in [0.25, 0.3) is 0 Å². The average Bonchev–Trinajstić information content (AvgIpc) is 2.72. The molecule has 0 bridgehead atoms. The van der Waals surface area contributed by atoms with Crippen LogP contribution in [0, 0.1) is 5.82 Å². The van der Waals surface area contributed by atoms with Crippen molar-refractivity contribution in [2.24, 2.45) is 0 Å². The van der Waals surface area contributed by atoms with Gasteiger partial charge in [0, 0.05) is 24.6 Å². The molecule has 0 radical (unpaired) electrons. The molecule has 0 atom stereocenters. The number of benzene rings is 1. The molecule has 136 valence electrons. The first-order chi connectivity index (χ1) is 11.5. The standard InChI is InChI=1S/C15H10Cl3F4NO2/c1-3-23-13(15(20,21)22)12(17)11(14(23)18)7-4-10(25-6(2)24)8(16)5-9(7)19/h4-5H,3H2,1-2H3. The molecule has 0 N–H and O–H groups in total. The van der Waals surface area contributed by atoms with Gasteiger partial charge in [-0.05, 0) is 19.1 Å². The summed E-state index contributed by atoms with van der Waals surface area (Å²) in [7, 11) is 0. The lowest BCUT2D eigenvalue weighted by molar-refractivity contribution is -0.143. The molecule has 1 heterocycles. The van der Waals surface area contributed by atoms with E-state index in [0.29, 0.717) is 0 Å². The summed E-state index contributed by atoms with van der Waals surface area (Å²) in [5.41, 5.74) is -1.92. The zero-order valence-electron chi connectivity index (χ0n) is 12.8. The van der Waals surface area contributed by atoms with E-state index in [1.54, 1.807) is 0 Å². The van der Waals surface area contributed by atoms with E-state index in [1.807, 2.05) is 0 Å². The fraction of sp³-hybridized carbons (Fsp3) is 0.267. The second kappa shape index (κ2) is 7.05. The second-order valence-electron chi connectivity index (χ2n) is 4.93. The van der Waals surface area contributed by atoms with E-state index >= 15 is 0 Å². The molecule has 0 fully saturated rings. The molecule has 0 saturated carbocycles. The second-order valence-corrected chi connectivity index (χ2v) is 6.07. The van der Waals surface area contributed by atoms with Crippen LogP contribution in [0.5, 0.6) is 5.75 Å². The number of rotatable bonds is 3. The minimum atomic E-state index is -4.80. The van der Waals surface area contributed by atoms with Gasteiger partial charge in [-0.1, -0.05) is 34.8 Å². The first kappa shape index (κ1) is 19.9. The van der Waals surface area contributed by atoms with E-state index < -0.39 is 33.8 Å². The number of carbonyl (C=O) groups is 1. The SMILES string of the molecule is CCn1c(Cl)c(-c2cc(OC(C)=O)c(Cl)cc2F)c(Cl)c1C(F)(F)F. The van der Waals surface area contributed by atoms with Gasteiger partial charge < -0.3 is 9.30 Å². The van der Waals surface area contributed by atoms with E-state index in [4.69, 9.17) is 39.5 Å². The molecule has 0 aliphatic carbocycles. The largest absolute Gasteiger partial charge is 0.432 e. The number of nitrogens with zero attached hydrogens (tertiary/aromatic N) is 1. The maximum absolute atomic E-state index is 14.3. The first-order valence-electron chi connectivity index (χ1n) is 6.81. The summed E-state index contributed by atoms with van der Waals surface area (Å²) in [6.45, 7) is 2.39. The lowest BCUT2D eigenvalue weighted by atomic mass is 10.1. The summed E-state index contributed by atoms with van der Waals surface area (Å²) in [4.78, 5) is 11.1. The van der Waals surface area contributed by atoms with E-state index in [2.05, 4.69) is 0 Å². The van der Waals surface area contributed by atoms with Crippen molar-refractivity contribution in [2.75, 3.05) is 0 Å². The molecular weight excluding hydrogens is 409 g/mol. The van der Waals surface area contributed by atoms with Crippen LogP contribution in [0.1, 0.15) is 19.5 Å². The number of ether oxygens (including phenoxy) is 1. The molecule has 0 amide bonds. The third kappa shape index (κ3) is 3.73. The Balaban J connectivity index is 2.79. The van der Waals surface area contributed by atoms with Crippen LogP contribution in [-0.4, -0.2) is 10.5 Å². The van der Waals surface area contributed by atoms with Crippen LogP contribution in [-0.2, 0) is 17.5 Å². The summed E-state index contributed by atoms with van der Waals surface area (Å²) in [6.07, 6.45) is -4.80. The van der Waals surface area contributed by atoms with E-state index in [-0.39, 0.29) is 28.4 Å². The number of alkyl halides is 3. The monoisotopic (exact) mass is 417 g/mol. The van der Waals surface area contributed by atoms with E-state index in [9.17, 15) is 22.4 Å². The quantitative estimate of drug-likeness (QED) is 0.337. The molecule has 0 aliphatic heterocycles. The van der Waals surface area contributed by atoms with E-state index in [0.717, 1.165) is 23.6 Å². The Bertz CT molecular complexity index is 847. The van der Waals surface area contributed by atoms with Crippen molar-refractivity contribution in [1.82, 2.24) is 4.57 Å². The van der Waals surface area contributed by atoms with Crippen molar-refractivity contribution in [3.63, 3.8) is 0 Å². The Kier molecular flexibility index (Phi) is 5.61.